The highest BCUT2D eigenvalue weighted by atomic mass is 16.6. The van der Waals surface area contributed by atoms with Crippen LogP contribution < -0.4 is 10.5 Å². The lowest BCUT2D eigenvalue weighted by atomic mass is 10.1. The zero-order valence-electron chi connectivity index (χ0n) is 20.4. The normalized spacial score (nSPS) is 20.8. The molecule has 2 unspecified atom stereocenters. The molecule has 1 amide bonds. The van der Waals surface area contributed by atoms with Gasteiger partial charge in [0.2, 0.25) is 0 Å². The van der Waals surface area contributed by atoms with E-state index in [1.807, 2.05) is 49.7 Å². The number of nitrogens with two attached hydrogens (primary N) is 1. The lowest BCUT2D eigenvalue weighted by Crippen LogP contribution is -2.43. The summed E-state index contributed by atoms with van der Waals surface area (Å²) in [6, 6.07) is 7.76. The Labute approximate surface area is 204 Å². The first-order valence-corrected chi connectivity index (χ1v) is 12.1. The number of amides is 1. The van der Waals surface area contributed by atoms with Crippen molar-refractivity contribution in [2.45, 2.75) is 57.8 Å². The van der Waals surface area contributed by atoms with E-state index in [4.69, 9.17) is 25.0 Å². The first kappa shape index (κ1) is 23.3. The molecule has 2 fully saturated rings. The van der Waals surface area contributed by atoms with Crippen LogP contribution in [-0.2, 0) is 9.47 Å². The zero-order valence-corrected chi connectivity index (χ0v) is 20.4. The van der Waals surface area contributed by atoms with Gasteiger partial charge in [-0.15, -0.1) is 0 Å². The summed E-state index contributed by atoms with van der Waals surface area (Å²) >= 11 is 0. The van der Waals surface area contributed by atoms with Crippen LogP contribution in [-0.4, -0.2) is 68.7 Å². The predicted molar refractivity (Wildman–Crippen MR) is 131 cm³/mol. The molecule has 186 valence electrons. The Morgan fingerprint density at radius 1 is 1.17 bits per heavy atom. The number of rotatable bonds is 4. The van der Waals surface area contributed by atoms with E-state index in [1.54, 1.807) is 4.90 Å². The largest absolute Gasteiger partial charge is 0.488 e. The first-order valence-electron chi connectivity index (χ1n) is 12.1. The maximum absolute atomic E-state index is 12.7. The fourth-order valence-corrected chi connectivity index (χ4v) is 4.59. The van der Waals surface area contributed by atoms with Gasteiger partial charge in [-0.25, -0.2) is 19.4 Å². The van der Waals surface area contributed by atoms with Gasteiger partial charge in [0.15, 0.2) is 5.65 Å². The van der Waals surface area contributed by atoms with Crippen molar-refractivity contribution in [1.29, 1.82) is 0 Å². The van der Waals surface area contributed by atoms with Crippen LogP contribution in [0.3, 0.4) is 0 Å². The molecule has 5 rings (SSSR count). The quantitative estimate of drug-likeness (QED) is 0.599. The summed E-state index contributed by atoms with van der Waals surface area (Å²) in [6.45, 7) is 8.11. The molecule has 0 radical (unpaired) electrons. The molecule has 2 aromatic heterocycles. The Morgan fingerprint density at radius 2 is 1.97 bits per heavy atom. The Morgan fingerprint density at radius 3 is 2.69 bits per heavy atom. The highest BCUT2D eigenvalue weighted by Gasteiger charge is 2.31. The number of hydrogen-bond acceptors (Lipinski definition) is 8. The lowest BCUT2D eigenvalue weighted by molar-refractivity contribution is 0.0169. The van der Waals surface area contributed by atoms with Crippen molar-refractivity contribution < 1.29 is 19.0 Å². The summed E-state index contributed by atoms with van der Waals surface area (Å²) < 4.78 is 18.9. The van der Waals surface area contributed by atoms with Crippen molar-refractivity contribution in [2.75, 3.05) is 32.0 Å². The average molecular weight is 481 g/mol. The molecule has 3 aromatic rings. The van der Waals surface area contributed by atoms with Crippen LogP contribution in [0.2, 0.25) is 0 Å². The number of hydrogen-bond donors (Lipinski definition) is 1. The summed E-state index contributed by atoms with van der Waals surface area (Å²) in [6.07, 6.45) is 3.84. The van der Waals surface area contributed by atoms with Crippen molar-refractivity contribution >= 4 is 22.9 Å². The molecular formula is C25H32N6O4. The molecule has 35 heavy (non-hydrogen) atoms. The standard InChI is InChI=1S/C25H32N6O4/c1-25(2,3)35-24(32)30-11-4-5-17(13-30)31-23-20(22(26)27-15-28-23)21(29-31)16-6-8-18(9-7-16)34-19-10-12-33-14-19/h6-9,15,17,19H,4-5,10-14H2,1-3H3,(H2,26,27,28). The highest BCUT2D eigenvalue weighted by Crippen LogP contribution is 2.34. The lowest BCUT2D eigenvalue weighted by Gasteiger charge is -2.34. The molecule has 0 aliphatic carbocycles. The third-order valence-corrected chi connectivity index (χ3v) is 6.23. The van der Waals surface area contributed by atoms with Crippen LogP contribution in [0.1, 0.15) is 46.1 Å². The van der Waals surface area contributed by atoms with Gasteiger partial charge in [0, 0.05) is 25.1 Å². The third kappa shape index (κ3) is 5.02. The molecule has 4 heterocycles. The van der Waals surface area contributed by atoms with E-state index in [0.29, 0.717) is 42.2 Å². The fraction of sp³-hybridized carbons (Fsp3) is 0.520. The number of carbonyl (C=O) groups is 1. The summed E-state index contributed by atoms with van der Waals surface area (Å²) in [4.78, 5) is 23.2. The average Bonchev–Trinajstić information content (AvgIpc) is 3.47. The molecule has 0 spiro atoms. The molecule has 2 aliphatic rings. The van der Waals surface area contributed by atoms with Crippen molar-refractivity contribution in [3.8, 4) is 17.0 Å². The van der Waals surface area contributed by atoms with E-state index >= 15 is 0 Å². The molecule has 2 N–H and O–H groups in total. The number of fused-ring (bicyclic) bond motifs is 1. The SMILES string of the molecule is CC(C)(C)OC(=O)N1CCCC(n2nc(-c3ccc(OC4CCOC4)cc3)c3c(N)ncnc32)C1. The second kappa shape index (κ2) is 9.33. The van der Waals surface area contributed by atoms with Crippen LogP contribution in [0.15, 0.2) is 30.6 Å². The second-order valence-corrected chi connectivity index (χ2v) is 10.1. The molecule has 0 bridgehead atoms. The van der Waals surface area contributed by atoms with Crippen LogP contribution in [0.4, 0.5) is 10.6 Å². The first-order chi connectivity index (χ1) is 16.8. The third-order valence-electron chi connectivity index (χ3n) is 6.23. The number of carbonyl (C=O) groups excluding carboxylic acids is 1. The molecule has 2 saturated heterocycles. The van der Waals surface area contributed by atoms with Gasteiger partial charge in [0.1, 0.15) is 35.3 Å². The molecule has 1 aromatic carbocycles. The number of nitrogens with zero attached hydrogens (tertiary/aromatic N) is 5. The number of nitrogen functional groups attached to an aromatic ring is 1. The number of anilines is 1. The van der Waals surface area contributed by atoms with E-state index in [0.717, 1.165) is 37.2 Å². The summed E-state index contributed by atoms with van der Waals surface area (Å²) in [5.74, 6) is 1.16. The van der Waals surface area contributed by atoms with E-state index in [1.165, 1.54) is 6.33 Å². The minimum absolute atomic E-state index is 0.0493. The topological polar surface area (TPSA) is 118 Å². The number of ether oxygens (including phenoxy) is 3. The van der Waals surface area contributed by atoms with Crippen LogP contribution in [0.25, 0.3) is 22.3 Å². The summed E-state index contributed by atoms with van der Waals surface area (Å²) in [5, 5.41) is 5.65. The van der Waals surface area contributed by atoms with Crippen LogP contribution in [0.5, 0.6) is 5.75 Å². The van der Waals surface area contributed by atoms with Gasteiger partial charge in [0.05, 0.1) is 24.6 Å². The van der Waals surface area contributed by atoms with Crippen LogP contribution >= 0.6 is 0 Å². The van der Waals surface area contributed by atoms with E-state index in [2.05, 4.69) is 9.97 Å². The summed E-state index contributed by atoms with van der Waals surface area (Å²) in [7, 11) is 0. The van der Waals surface area contributed by atoms with Crippen molar-refractivity contribution in [3.63, 3.8) is 0 Å². The monoisotopic (exact) mass is 480 g/mol. The number of aromatic nitrogens is 4. The molecule has 10 nitrogen and oxygen atoms in total. The number of benzene rings is 1. The van der Waals surface area contributed by atoms with Crippen LogP contribution in [0, 0.1) is 0 Å². The smallest absolute Gasteiger partial charge is 0.410 e. The molecular weight excluding hydrogens is 448 g/mol. The van der Waals surface area contributed by atoms with Gasteiger partial charge in [-0.2, -0.15) is 5.10 Å². The molecule has 2 aliphatic heterocycles. The summed E-state index contributed by atoms with van der Waals surface area (Å²) in [5.41, 5.74) is 8.01. The second-order valence-electron chi connectivity index (χ2n) is 10.1. The Kier molecular flexibility index (Phi) is 6.22. The van der Waals surface area contributed by atoms with Gasteiger partial charge < -0.3 is 24.8 Å². The number of likely N-dealkylation sites (tertiary alicyclic amines) is 1. The van der Waals surface area contributed by atoms with Gasteiger partial charge in [-0.05, 0) is 57.9 Å². The highest BCUT2D eigenvalue weighted by molar-refractivity contribution is 5.98. The Hall–Kier alpha value is -3.40. The van der Waals surface area contributed by atoms with E-state index < -0.39 is 5.60 Å². The molecule has 0 saturated carbocycles. The predicted octanol–water partition coefficient (Wildman–Crippen LogP) is 3.82. The van der Waals surface area contributed by atoms with E-state index in [9.17, 15) is 4.79 Å². The van der Waals surface area contributed by atoms with Gasteiger partial charge in [0.25, 0.3) is 0 Å². The molecule has 2 atom stereocenters. The van der Waals surface area contributed by atoms with Gasteiger partial charge in [-0.1, -0.05) is 0 Å². The van der Waals surface area contributed by atoms with Crippen molar-refractivity contribution in [1.82, 2.24) is 24.6 Å². The minimum atomic E-state index is -0.544. The maximum atomic E-state index is 12.7. The fourth-order valence-electron chi connectivity index (χ4n) is 4.59. The number of piperidine rings is 1. The zero-order chi connectivity index (χ0) is 24.6. The Bertz CT molecular complexity index is 1200. The van der Waals surface area contributed by atoms with Crippen molar-refractivity contribution in [3.05, 3.63) is 30.6 Å². The van der Waals surface area contributed by atoms with Gasteiger partial charge in [-0.3, -0.25) is 0 Å². The maximum Gasteiger partial charge on any atom is 0.410 e. The Balaban J connectivity index is 1.43. The minimum Gasteiger partial charge on any atom is -0.488 e. The van der Waals surface area contributed by atoms with Crippen molar-refractivity contribution in [2.24, 2.45) is 0 Å². The molecule has 10 heteroatoms. The van der Waals surface area contributed by atoms with E-state index in [-0.39, 0.29) is 18.2 Å². The van der Waals surface area contributed by atoms with Gasteiger partial charge >= 0.3 is 6.09 Å².